The van der Waals surface area contributed by atoms with E-state index in [1.54, 1.807) is 0 Å². The van der Waals surface area contributed by atoms with Crippen molar-refractivity contribution in [3.8, 4) is 5.75 Å². The van der Waals surface area contributed by atoms with Crippen molar-refractivity contribution < 1.29 is 29.7 Å². The number of aryl methyl sites for hydroxylation is 1. The standard InChI is InChI=1S/C14H12N2O7/c1-16-8-5-15-7(14(22)23)4-6(8)12(20)11(13(16)21)9(17)2-3-10(18)19/h4-5,20H,2-3H2,1H3,(H,18,19)(H,22,23). The van der Waals surface area contributed by atoms with E-state index in [0.29, 0.717) is 0 Å². The topological polar surface area (TPSA) is 147 Å². The predicted octanol–water partition coefficient (Wildman–Crippen LogP) is 0.385. The van der Waals surface area contributed by atoms with Gasteiger partial charge < -0.3 is 19.9 Å². The Kier molecular flexibility index (Phi) is 4.12. The van der Waals surface area contributed by atoms with Gasteiger partial charge >= 0.3 is 11.9 Å². The average molecular weight is 320 g/mol. The number of aromatic hydroxyl groups is 1. The highest BCUT2D eigenvalue weighted by Crippen LogP contribution is 2.27. The third-order valence-corrected chi connectivity index (χ3v) is 3.32. The molecule has 0 radical (unpaired) electrons. The molecule has 0 spiro atoms. The van der Waals surface area contributed by atoms with Crippen LogP contribution in [0.15, 0.2) is 17.1 Å². The zero-order valence-electron chi connectivity index (χ0n) is 11.9. The highest BCUT2D eigenvalue weighted by molar-refractivity contribution is 6.05. The Hall–Kier alpha value is -3.23. The normalized spacial score (nSPS) is 10.7. The Morgan fingerprint density at radius 3 is 2.43 bits per heavy atom. The van der Waals surface area contributed by atoms with Gasteiger partial charge in [0.2, 0.25) is 0 Å². The molecule has 0 fully saturated rings. The predicted molar refractivity (Wildman–Crippen MR) is 76.8 cm³/mol. The number of rotatable bonds is 5. The number of carbonyl (C=O) groups is 3. The molecule has 0 amide bonds. The summed E-state index contributed by atoms with van der Waals surface area (Å²) in [5.41, 5.74) is -1.60. The third kappa shape index (κ3) is 2.89. The van der Waals surface area contributed by atoms with Gasteiger partial charge in [0.15, 0.2) is 5.78 Å². The average Bonchev–Trinajstić information content (AvgIpc) is 2.50. The van der Waals surface area contributed by atoms with E-state index in [1.165, 1.54) is 7.05 Å². The van der Waals surface area contributed by atoms with Gasteiger partial charge in [-0.05, 0) is 6.07 Å². The molecule has 2 aromatic heterocycles. The molecule has 0 aliphatic carbocycles. The van der Waals surface area contributed by atoms with Gasteiger partial charge in [0.25, 0.3) is 5.56 Å². The molecule has 0 aliphatic heterocycles. The molecular weight excluding hydrogens is 308 g/mol. The molecule has 2 aromatic rings. The number of aromatic nitrogens is 2. The Balaban J connectivity index is 2.70. The molecule has 0 saturated heterocycles. The largest absolute Gasteiger partial charge is 0.506 e. The second-order valence-electron chi connectivity index (χ2n) is 4.80. The van der Waals surface area contributed by atoms with Gasteiger partial charge in [-0.3, -0.25) is 14.4 Å². The van der Waals surface area contributed by atoms with Crippen LogP contribution in [0.1, 0.15) is 33.7 Å². The van der Waals surface area contributed by atoms with Crippen LogP contribution in [-0.4, -0.2) is 42.6 Å². The molecule has 0 unspecified atom stereocenters. The summed E-state index contributed by atoms with van der Waals surface area (Å²) in [6.45, 7) is 0. The number of hydrogen-bond donors (Lipinski definition) is 3. The number of fused-ring (bicyclic) bond motifs is 1. The maximum Gasteiger partial charge on any atom is 0.354 e. The van der Waals surface area contributed by atoms with E-state index in [9.17, 15) is 24.3 Å². The van der Waals surface area contributed by atoms with Crippen LogP contribution in [-0.2, 0) is 11.8 Å². The number of pyridine rings is 2. The molecule has 0 bridgehead atoms. The molecule has 9 heteroatoms. The third-order valence-electron chi connectivity index (χ3n) is 3.32. The van der Waals surface area contributed by atoms with Crippen LogP contribution in [0, 0.1) is 0 Å². The van der Waals surface area contributed by atoms with Crippen molar-refractivity contribution in [2.24, 2.45) is 7.05 Å². The Labute approximate surface area is 128 Å². The monoisotopic (exact) mass is 320 g/mol. The molecule has 9 nitrogen and oxygen atoms in total. The van der Waals surface area contributed by atoms with E-state index in [1.807, 2.05) is 0 Å². The van der Waals surface area contributed by atoms with Crippen molar-refractivity contribution in [2.45, 2.75) is 12.8 Å². The van der Waals surface area contributed by atoms with Crippen LogP contribution in [0.25, 0.3) is 10.9 Å². The van der Waals surface area contributed by atoms with Gasteiger partial charge in [0.05, 0.1) is 18.1 Å². The molecule has 0 aliphatic rings. The van der Waals surface area contributed by atoms with Crippen molar-refractivity contribution in [3.05, 3.63) is 33.9 Å². The highest BCUT2D eigenvalue weighted by atomic mass is 16.4. The fraction of sp³-hybridized carbons (Fsp3) is 0.214. The highest BCUT2D eigenvalue weighted by Gasteiger charge is 2.22. The van der Waals surface area contributed by atoms with Gasteiger partial charge in [0, 0.05) is 18.9 Å². The summed E-state index contributed by atoms with van der Waals surface area (Å²) >= 11 is 0. The number of hydrogen-bond acceptors (Lipinski definition) is 6. The smallest absolute Gasteiger partial charge is 0.354 e. The van der Waals surface area contributed by atoms with Crippen molar-refractivity contribution in [1.82, 2.24) is 9.55 Å². The van der Waals surface area contributed by atoms with Crippen LogP contribution < -0.4 is 5.56 Å². The number of carboxylic acid groups (broad SMARTS) is 2. The molecule has 2 heterocycles. The molecule has 0 saturated carbocycles. The zero-order chi connectivity index (χ0) is 17.3. The minimum Gasteiger partial charge on any atom is -0.506 e. The summed E-state index contributed by atoms with van der Waals surface area (Å²) in [6.07, 6.45) is 0.155. The summed E-state index contributed by atoms with van der Waals surface area (Å²) < 4.78 is 1.04. The van der Waals surface area contributed by atoms with Crippen molar-refractivity contribution in [2.75, 3.05) is 0 Å². The molecule has 23 heavy (non-hydrogen) atoms. The van der Waals surface area contributed by atoms with Gasteiger partial charge in [0.1, 0.15) is 17.0 Å². The fourth-order valence-electron chi connectivity index (χ4n) is 2.13. The Bertz CT molecular complexity index is 898. The second-order valence-corrected chi connectivity index (χ2v) is 4.80. The number of carbonyl (C=O) groups excluding carboxylic acids is 1. The number of aromatic carboxylic acids is 1. The second kappa shape index (κ2) is 5.87. The first-order chi connectivity index (χ1) is 10.7. The first kappa shape index (κ1) is 16.1. The van der Waals surface area contributed by atoms with Crippen LogP contribution in [0.2, 0.25) is 0 Å². The van der Waals surface area contributed by atoms with Gasteiger partial charge in [-0.25, -0.2) is 9.78 Å². The van der Waals surface area contributed by atoms with Gasteiger partial charge in [-0.1, -0.05) is 0 Å². The lowest BCUT2D eigenvalue weighted by Crippen LogP contribution is -2.25. The van der Waals surface area contributed by atoms with Crippen LogP contribution in [0.4, 0.5) is 0 Å². The van der Waals surface area contributed by atoms with Crippen LogP contribution in [0.5, 0.6) is 5.75 Å². The molecule has 2 rings (SSSR count). The Morgan fingerprint density at radius 2 is 1.87 bits per heavy atom. The van der Waals surface area contributed by atoms with E-state index in [4.69, 9.17) is 10.2 Å². The van der Waals surface area contributed by atoms with Gasteiger partial charge in [-0.2, -0.15) is 0 Å². The van der Waals surface area contributed by atoms with Crippen molar-refractivity contribution in [3.63, 3.8) is 0 Å². The maximum atomic E-state index is 12.2. The summed E-state index contributed by atoms with van der Waals surface area (Å²) in [7, 11) is 1.33. The Morgan fingerprint density at radius 1 is 1.22 bits per heavy atom. The minimum absolute atomic E-state index is 0.0295. The lowest BCUT2D eigenvalue weighted by molar-refractivity contribution is -0.136. The summed E-state index contributed by atoms with van der Waals surface area (Å²) in [4.78, 5) is 49.4. The number of aliphatic carboxylic acids is 1. The van der Waals surface area contributed by atoms with E-state index in [-0.39, 0.29) is 16.6 Å². The van der Waals surface area contributed by atoms with Crippen molar-refractivity contribution >= 4 is 28.6 Å². The molecule has 120 valence electrons. The lowest BCUT2D eigenvalue weighted by atomic mass is 10.0. The molecule has 0 aromatic carbocycles. The van der Waals surface area contributed by atoms with Crippen LogP contribution in [0.3, 0.4) is 0 Å². The van der Waals surface area contributed by atoms with E-state index in [0.717, 1.165) is 16.8 Å². The fourth-order valence-corrected chi connectivity index (χ4v) is 2.13. The summed E-state index contributed by atoms with van der Waals surface area (Å²) in [5, 5.41) is 27.7. The number of Topliss-reactive ketones (excluding diaryl/α,β-unsaturated/α-hetero) is 1. The minimum atomic E-state index is -1.33. The molecule has 3 N–H and O–H groups in total. The SMILES string of the molecule is Cn1c(=O)c(C(=O)CCC(=O)O)c(O)c2cc(C(=O)O)ncc21. The van der Waals surface area contributed by atoms with Gasteiger partial charge in [-0.15, -0.1) is 0 Å². The van der Waals surface area contributed by atoms with E-state index >= 15 is 0 Å². The quantitative estimate of drug-likeness (QED) is 0.670. The van der Waals surface area contributed by atoms with E-state index < -0.39 is 47.4 Å². The number of ketones is 1. The van der Waals surface area contributed by atoms with E-state index in [2.05, 4.69) is 4.98 Å². The van der Waals surface area contributed by atoms with Crippen LogP contribution >= 0.6 is 0 Å². The summed E-state index contributed by atoms with van der Waals surface area (Å²) in [5.74, 6) is -4.06. The zero-order valence-corrected chi connectivity index (χ0v) is 11.9. The summed E-state index contributed by atoms with van der Waals surface area (Å²) in [6, 6.07) is 1.04. The maximum absolute atomic E-state index is 12.2. The first-order valence-electron chi connectivity index (χ1n) is 6.44. The number of nitrogens with zero attached hydrogens (tertiary/aromatic N) is 2. The lowest BCUT2D eigenvalue weighted by Gasteiger charge is -2.11. The van der Waals surface area contributed by atoms with Crippen molar-refractivity contribution in [1.29, 1.82) is 0 Å². The molecular formula is C14H12N2O7. The molecule has 0 atom stereocenters. The first-order valence-corrected chi connectivity index (χ1v) is 6.44. The number of carboxylic acids is 2.